The van der Waals surface area contributed by atoms with Crippen molar-refractivity contribution in [3.8, 4) is 28.6 Å². The van der Waals surface area contributed by atoms with Crippen molar-refractivity contribution >= 4 is 15.9 Å². The Morgan fingerprint density at radius 2 is 1.76 bits per heavy atom. The minimum atomic E-state index is 0.457. The number of rotatable bonds is 5. The molecular formula is C16H13BrN2O2. The Morgan fingerprint density at radius 1 is 1.00 bits per heavy atom. The van der Waals surface area contributed by atoms with Crippen LogP contribution in [0.2, 0.25) is 0 Å². The SMILES string of the molecule is BrCCOc1ccccc1-c1nc(-c2ccccc2)no1. The summed E-state index contributed by atoms with van der Waals surface area (Å²) in [6.07, 6.45) is 0. The summed E-state index contributed by atoms with van der Waals surface area (Å²) in [5.41, 5.74) is 1.72. The first-order valence-electron chi connectivity index (χ1n) is 6.56. The molecule has 5 heteroatoms. The Balaban J connectivity index is 1.93. The number of para-hydroxylation sites is 1. The zero-order valence-corrected chi connectivity index (χ0v) is 12.8. The van der Waals surface area contributed by atoms with Crippen LogP contribution in [-0.4, -0.2) is 22.1 Å². The standard InChI is InChI=1S/C16H13BrN2O2/c17-10-11-20-14-9-5-4-8-13(14)16-18-15(19-21-16)12-6-2-1-3-7-12/h1-9H,10-11H2. The summed E-state index contributed by atoms with van der Waals surface area (Å²) in [6, 6.07) is 17.4. The Labute approximate surface area is 130 Å². The van der Waals surface area contributed by atoms with Gasteiger partial charge in [-0.1, -0.05) is 63.6 Å². The normalized spacial score (nSPS) is 10.5. The lowest BCUT2D eigenvalue weighted by atomic mass is 10.2. The molecule has 0 amide bonds. The molecule has 0 saturated carbocycles. The number of alkyl halides is 1. The summed E-state index contributed by atoms with van der Waals surface area (Å²) in [6.45, 7) is 0.580. The lowest BCUT2D eigenvalue weighted by Gasteiger charge is -2.06. The molecule has 3 rings (SSSR count). The molecule has 0 fully saturated rings. The number of hydrogen-bond acceptors (Lipinski definition) is 4. The molecule has 0 aliphatic carbocycles. The van der Waals surface area contributed by atoms with Crippen molar-refractivity contribution in [1.82, 2.24) is 10.1 Å². The minimum Gasteiger partial charge on any atom is -0.492 e. The molecule has 0 N–H and O–H groups in total. The van der Waals surface area contributed by atoms with E-state index in [1.165, 1.54) is 0 Å². The molecule has 0 bridgehead atoms. The largest absolute Gasteiger partial charge is 0.492 e. The second kappa shape index (κ2) is 6.54. The highest BCUT2D eigenvalue weighted by Crippen LogP contribution is 2.30. The predicted octanol–water partition coefficient (Wildman–Crippen LogP) is 4.18. The Morgan fingerprint density at radius 3 is 2.57 bits per heavy atom. The highest BCUT2D eigenvalue weighted by atomic mass is 79.9. The van der Waals surface area contributed by atoms with Crippen LogP contribution in [0.1, 0.15) is 0 Å². The molecule has 106 valence electrons. The third-order valence-corrected chi connectivity index (χ3v) is 3.23. The van der Waals surface area contributed by atoms with Crippen molar-refractivity contribution in [1.29, 1.82) is 0 Å². The van der Waals surface area contributed by atoms with Crippen LogP contribution in [0.4, 0.5) is 0 Å². The van der Waals surface area contributed by atoms with Crippen LogP contribution in [-0.2, 0) is 0 Å². The van der Waals surface area contributed by atoms with E-state index in [4.69, 9.17) is 9.26 Å². The van der Waals surface area contributed by atoms with Gasteiger partial charge in [0, 0.05) is 10.9 Å². The molecule has 2 aromatic carbocycles. The third kappa shape index (κ3) is 3.13. The summed E-state index contributed by atoms with van der Waals surface area (Å²) in [5, 5.41) is 4.80. The first-order valence-corrected chi connectivity index (χ1v) is 7.68. The molecule has 4 nitrogen and oxygen atoms in total. The number of aromatic nitrogens is 2. The molecule has 1 aromatic heterocycles. The van der Waals surface area contributed by atoms with Gasteiger partial charge in [0.25, 0.3) is 5.89 Å². The fraction of sp³-hybridized carbons (Fsp3) is 0.125. The van der Waals surface area contributed by atoms with E-state index < -0.39 is 0 Å². The average Bonchev–Trinajstić information content (AvgIpc) is 3.04. The molecule has 3 aromatic rings. The van der Waals surface area contributed by atoms with Crippen molar-refractivity contribution in [3.05, 3.63) is 54.6 Å². The van der Waals surface area contributed by atoms with Gasteiger partial charge >= 0.3 is 0 Å². The monoisotopic (exact) mass is 344 g/mol. The number of ether oxygens (including phenoxy) is 1. The first-order chi connectivity index (χ1) is 10.4. The van der Waals surface area contributed by atoms with Crippen molar-refractivity contribution in [2.45, 2.75) is 0 Å². The molecule has 0 radical (unpaired) electrons. The lowest BCUT2D eigenvalue weighted by molar-refractivity contribution is 0.344. The van der Waals surface area contributed by atoms with Crippen LogP contribution in [0.25, 0.3) is 22.8 Å². The van der Waals surface area contributed by atoms with Gasteiger partial charge in [0.05, 0.1) is 12.2 Å². The van der Waals surface area contributed by atoms with Crippen molar-refractivity contribution in [2.24, 2.45) is 0 Å². The number of nitrogens with zero attached hydrogens (tertiary/aromatic N) is 2. The molecule has 21 heavy (non-hydrogen) atoms. The van der Waals surface area contributed by atoms with E-state index in [0.717, 1.165) is 22.2 Å². The molecule has 0 aliphatic rings. The van der Waals surface area contributed by atoms with E-state index >= 15 is 0 Å². The van der Waals surface area contributed by atoms with E-state index in [2.05, 4.69) is 26.1 Å². The van der Waals surface area contributed by atoms with Gasteiger partial charge in [-0.25, -0.2) is 0 Å². The van der Waals surface area contributed by atoms with Gasteiger partial charge < -0.3 is 9.26 Å². The first kappa shape index (κ1) is 13.8. The molecule has 0 saturated heterocycles. The molecule has 0 atom stereocenters. The second-order valence-corrected chi connectivity index (χ2v) is 5.12. The van der Waals surface area contributed by atoms with Crippen LogP contribution in [0.15, 0.2) is 59.1 Å². The van der Waals surface area contributed by atoms with E-state index in [9.17, 15) is 0 Å². The fourth-order valence-corrected chi connectivity index (χ4v) is 2.12. The summed E-state index contributed by atoms with van der Waals surface area (Å²) >= 11 is 3.35. The zero-order valence-electron chi connectivity index (χ0n) is 11.2. The quantitative estimate of drug-likeness (QED) is 0.651. The summed E-state index contributed by atoms with van der Waals surface area (Å²) in [7, 11) is 0. The topological polar surface area (TPSA) is 48.2 Å². The van der Waals surface area contributed by atoms with E-state index in [-0.39, 0.29) is 0 Å². The second-order valence-electron chi connectivity index (χ2n) is 4.32. The Bertz CT molecular complexity index is 713. The number of hydrogen-bond donors (Lipinski definition) is 0. The minimum absolute atomic E-state index is 0.457. The summed E-state index contributed by atoms with van der Waals surface area (Å²) in [4.78, 5) is 4.45. The van der Waals surface area contributed by atoms with Crippen molar-refractivity contribution in [3.63, 3.8) is 0 Å². The van der Waals surface area contributed by atoms with Crippen molar-refractivity contribution in [2.75, 3.05) is 11.9 Å². The lowest BCUT2D eigenvalue weighted by Crippen LogP contribution is -1.99. The van der Waals surface area contributed by atoms with Crippen LogP contribution in [0.3, 0.4) is 0 Å². The highest BCUT2D eigenvalue weighted by molar-refractivity contribution is 9.09. The van der Waals surface area contributed by atoms with Crippen LogP contribution in [0.5, 0.6) is 5.75 Å². The fourth-order valence-electron chi connectivity index (χ4n) is 1.96. The zero-order chi connectivity index (χ0) is 14.5. The average molecular weight is 345 g/mol. The van der Waals surface area contributed by atoms with Gasteiger partial charge in [0.15, 0.2) is 0 Å². The molecule has 1 heterocycles. The van der Waals surface area contributed by atoms with Gasteiger partial charge in [-0.3, -0.25) is 0 Å². The summed E-state index contributed by atoms with van der Waals surface area (Å²) in [5.74, 6) is 1.76. The van der Waals surface area contributed by atoms with Gasteiger partial charge in [0.2, 0.25) is 5.82 Å². The molecule has 0 aliphatic heterocycles. The van der Waals surface area contributed by atoms with Gasteiger partial charge in [0.1, 0.15) is 5.75 Å². The van der Waals surface area contributed by atoms with Gasteiger partial charge in [-0.2, -0.15) is 4.98 Å². The van der Waals surface area contributed by atoms with E-state index in [1.807, 2.05) is 54.6 Å². The molecular weight excluding hydrogens is 332 g/mol. The molecule has 0 unspecified atom stereocenters. The molecule has 0 spiro atoms. The van der Waals surface area contributed by atoms with Gasteiger partial charge in [-0.15, -0.1) is 0 Å². The highest BCUT2D eigenvalue weighted by Gasteiger charge is 2.14. The van der Waals surface area contributed by atoms with Crippen molar-refractivity contribution < 1.29 is 9.26 Å². The predicted molar refractivity (Wildman–Crippen MR) is 84.5 cm³/mol. The Kier molecular flexibility index (Phi) is 4.31. The number of halogens is 1. The third-order valence-electron chi connectivity index (χ3n) is 2.91. The van der Waals surface area contributed by atoms with Gasteiger partial charge in [-0.05, 0) is 12.1 Å². The van der Waals surface area contributed by atoms with Crippen LogP contribution in [0, 0.1) is 0 Å². The van der Waals surface area contributed by atoms with E-state index in [1.54, 1.807) is 0 Å². The maximum atomic E-state index is 5.68. The maximum absolute atomic E-state index is 5.68. The van der Waals surface area contributed by atoms with E-state index in [0.29, 0.717) is 18.3 Å². The van der Waals surface area contributed by atoms with Crippen LogP contribution >= 0.6 is 15.9 Å². The number of benzene rings is 2. The Hall–Kier alpha value is -2.14. The summed E-state index contributed by atoms with van der Waals surface area (Å²) < 4.78 is 11.1. The maximum Gasteiger partial charge on any atom is 0.262 e. The smallest absolute Gasteiger partial charge is 0.262 e. The van der Waals surface area contributed by atoms with Crippen LogP contribution < -0.4 is 4.74 Å².